The first-order chi connectivity index (χ1) is 9.90. The Hall–Kier alpha value is -2.56. The van der Waals surface area contributed by atoms with Crippen molar-refractivity contribution in [2.45, 2.75) is 12.5 Å². The Balaban J connectivity index is 1.66. The zero-order chi connectivity index (χ0) is 13.4. The third-order valence-electron chi connectivity index (χ3n) is 3.50. The van der Waals surface area contributed by atoms with Gasteiger partial charge in [-0.25, -0.2) is 4.52 Å². The molecule has 0 saturated carbocycles. The van der Waals surface area contributed by atoms with Gasteiger partial charge in [-0.05, 0) is 18.2 Å². The Kier molecular flexibility index (Phi) is 2.55. The summed E-state index contributed by atoms with van der Waals surface area (Å²) in [5, 5.41) is 7.84. The Labute approximate surface area is 116 Å². The van der Waals surface area contributed by atoms with Gasteiger partial charge in [0.1, 0.15) is 5.75 Å². The maximum atomic E-state index is 5.66. The van der Waals surface area contributed by atoms with Gasteiger partial charge in [0.2, 0.25) is 5.95 Å². The van der Waals surface area contributed by atoms with Crippen LogP contribution in [0.15, 0.2) is 48.7 Å². The molecule has 0 amide bonds. The number of fused-ring (bicyclic) bond motifs is 2. The number of hydrogen-bond donors (Lipinski definition) is 1. The van der Waals surface area contributed by atoms with Gasteiger partial charge in [-0.3, -0.25) is 0 Å². The molecule has 0 radical (unpaired) electrons. The average Bonchev–Trinajstić information content (AvgIpc) is 2.90. The molecule has 1 unspecified atom stereocenters. The van der Waals surface area contributed by atoms with E-state index in [1.54, 1.807) is 4.52 Å². The average molecular weight is 266 g/mol. The Bertz CT molecular complexity index is 719. The quantitative estimate of drug-likeness (QED) is 0.774. The third kappa shape index (κ3) is 1.87. The smallest absolute Gasteiger partial charge is 0.243 e. The molecule has 1 atom stereocenters. The summed E-state index contributed by atoms with van der Waals surface area (Å²) in [4.78, 5) is 4.48. The van der Waals surface area contributed by atoms with E-state index in [-0.39, 0.29) is 6.04 Å². The van der Waals surface area contributed by atoms with Crippen molar-refractivity contribution in [1.82, 2.24) is 14.6 Å². The number of benzene rings is 1. The van der Waals surface area contributed by atoms with Gasteiger partial charge in [-0.1, -0.05) is 24.3 Å². The zero-order valence-corrected chi connectivity index (χ0v) is 10.9. The number of rotatable bonds is 2. The number of pyridine rings is 1. The monoisotopic (exact) mass is 266 g/mol. The van der Waals surface area contributed by atoms with Crippen LogP contribution in [0.5, 0.6) is 5.75 Å². The Morgan fingerprint density at radius 2 is 2.05 bits per heavy atom. The minimum Gasteiger partial charge on any atom is -0.493 e. The summed E-state index contributed by atoms with van der Waals surface area (Å²) in [6.07, 6.45) is 2.80. The molecule has 0 spiro atoms. The summed E-state index contributed by atoms with van der Waals surface area (Å²) in [6.45, 7) is 0.710. The van der Waals surface area contributed by atoms with Gasteiger partial charge in [0.25, 0.3) is 0 Å². The van der Waals surface area contributed by atoms with Gasteiger partial charge < -0.3 is 10.1 Å². The second-order valence-electron chi connectivity index (χ2n) is 4.81. The Morgan fingerprint density at radius 1 is 1.15 bits per heavy atom. The molecule has 1 aliphatic heterocycles. The van der Waals surface area contributed by atoms with Crippen LogP contribution in [0.1, 0.15) is 18.0 Å². The number of para-hydroxylation sites is 1. The first-order valence-electron chi connectivity index (χ1n) is 6.70. The lowest BCUT2D eigenvalue weighted by molar-refractivity contribution is 0.274. The molecule has 0 fully saturated rings. The van der Waals surface area contributed by atoms with E-state index < -0.39 is 0 Å². The number of hydrogen-bond acceptors (Lipinski definition) is 4. The predicted molar refractivity (Wildman–Crippen MR) is 75.9 cm³/mol. The van der Waals surface area contributed by atoms with Gasteiger partial charge >= 0.3 is 0 Å². The molecule has 2 aromatic heterocycles. The van der Waals surface area contributed by atoms with Crippen LogP contribution in [0.25, 0.3) is 5.65 Å². The minimum absolute atomic E-state index is 0.192. The number of ether oxygens (including phenoxy) is 1. The van der Waals surface area contributed by atoms with Gasteiger partial charge in [0, 0.05) is 18.2 Å². The van der Waals surface area contributed by atoms with Crippen molar-refractivity contribution in [3.05, 3.63) is 54.2 Å². The maximum Gasteiger partial charge on any atom is 0.243 e. The zero-order valence-electron chi connectivity index (χ0n) is 10.9. The molecule has 1 aromatic carbocycles. The largest absolute Gasteiger partial charge is 0.493 e. The summed E-state index contributed by atoms with van der Waals surface area (Å²) < 4.78 is 7.44. The number of anilines is 1. The molecular formula is C15H14N4O. The molecule has 3 aromatic rings. The predicted octanol–water partition coefficient (Wildman–Crippen LogP) is 2.67. The van der Waals surface area contributed by atoms with Crippen LogP contribution in [-0.4, -0.2) is 21.2 Å². The summed E-state index contributed by atoms with van der Waals surface area (Å²) in [5.74, 6) is 1.60. The molecule has 5 nitrogen and oxygen atoms in total. The van der Waals surface area contributed by atoms with Gasteiger partial charge in [0.05, 0.1) is 12.6 Å². The van der Waals surface area contributed by atoms with E-state index >= 15 is 0 Å². The standard InChI is InChI=1S/C15H14N4O/c1-2-6-13-11(5-1)12(8-10-20-13)16-15-17-14-7-3-4-9-19(14)18-15/h1-7,9,12H,8,10H2,(H,16,18). The van der Waals surface area contributed by atoms with E-state index in [9.17, 15) is 0 Å². The molecule has 3 heterocycles. The molecule has 1 aliphatic rings. The van der Waals surface area contributed by atoms with Crippen molar-refractivity contribution in [1.29, 1.82) is 0 Å². The Morgan fingerprint density at radius 3 is 3.00 bits per heavy atom. The van der Waals surface area contributed by atoms with Crippen LogP contribution < -0.4 is 10.1 Å². The fourth-order valence-corrected chi connectivity index (χ4v) is 2.54. The van der Waals surface area contributed by atoms with E-state index in [0.717, 1.165) is 23.4 Å². The van der Waals surface area contributed by atoms with E-state index in [0.29, 0.717) is 12.6 Å². The summed E-state index contributed by atoms with van der Waals surface area (Å²) >= 11 is 0. The molecule has 0 aliphatic carbocycles. The van der Waals surface area contributed by atoms with Crippen LogP contribution >= 0.6 is 0 Å². The van der Waals surface area contributed by atoms with Crippen molar-refractivity contribution < 1.29 is 4.74 Å². The van der Waals surface area contributed by atoms with E-state index in [1.165, 1.54) is 0 Å². The number of nitrogens with zero attached hydrogens (tertiary/aromatic N) is 3. The van der Waals surface area contributed by atoms with Crippen molar-refractivity contribution in [2.75, 3.05) is 11.9 Å². The molecule has 1 N–H and O–H groups in total. The lowest BCUT2D eigenvalue weighted by atomic mass is 10.0. The van der Waals surface area contributed by atoms with Crippen molar-refractivity contribution in [3.63, 3.8) is 0 Å². The van der Waals surface area contributed by atoms with Crippen LogP contribution in [0, 0.1) is 0 Å². The van der Waals surface area contributed by atoms with Crippen molar-refractivity contribution >= 4 is 11.6 Å². The van der Waals surface area contributed by atoms with Crippen LogP contribution in [0.2, 0.25) is 0 Å². The summed E-state index contributed by atoms with van der Waals surface area (Å²) in [7, 11) is 0. The molecule has 20 heavy (non-hydrogen) atoms. The molecule has 5 heteroatoms. The molecule has 100 valence electrons. The topological polar surface area (TPSA) is 51.5 Å². The SMILES string of the molecule is c1ccc2c(c1)OCCC2Nc1nc2ccccn2n1. The van der Waals surface area contributed by atoms with Crippen molar-refractivity contribution in [2.24, 2.45) is 0 Å². The maximum absolute atomic E-state index is 5.66. The lowest BCUT2D eigenvalue weighted by Gasteiger charge is -2.26. The van der Waals surface area contributed by atoms with Crippen molar-refractivity contribution in [3.8, 4) is 5.75 Å². The third-order valence-corrected chi connectivity index (χ3v) is 3.50. The van der Waals surface area contributed by atoms with E-state index in [2.05, 4.69) is 21.5 Å². The van der Waals surface area contributed by atoms with E-state index in [4.69, 9.17) is 4.74 Å². The fourth-order valence-electron chi connectivity index (χ4n) is 2.54. The van der Waals surface area contributed by atoms with Gasteiger partial charge in [0.15, 0.2) is 5.65 Å². The number of aromatic nitrogens is 3. The second-order valence-corrected chi connectivity index (χ2v) is 4.81. The van der Waals surface area contributed by atoms with Crippen LogP contribution in [0.4, 0.5) is 5.95 Å². The lowest BCUT2D eigenvalue weighted by Crippen LogP contribution is -2.20. The second kappa shape index (κ2) is 4.52. The summed E-state index contributed by atoms with van der Waals surface area (Å²) in [6, 6.07) is 14.1. The molecule has 0 saturated heterocycles. The van der Waals surface area contributed by atoms with E-state index in [1.807, 2.05) is 42.6 Å². The van der Waals surface area contributed by atoms with Crippen LogP contribution in [-0.2, 0) is 0 Å². The van der Waals surface area contributed by atoms with Gasteiger partial charge in [-0.2, -0.15) is 4.98 Å². The number of nitrogens with one attached hydrogen (secondary N) is 1. The molecule has 4 rings (SSSR count). The normalized spacial score (nSPS) is 17.5. The summed E-state index contributed by atoms with van der Waals surface area (Å²) in [5.41, 5.74) is 2.01. The fraction of sp³-hybridized carbons (Fsp3) is 0.200. The van der Waals surface area contributed by atoms with Gasteiger partial charge in [-0.15, -0.1) is 5.10 Å². The highest BCUT2D eigenvalue weighted by atomic mass is 16.5. The highest BCUT2D eigenvalue weighted by Crippen LogP contribution is 2.33. The molecule has 0 bridgehead atoms. The molecular weight excluding hydrogens is 252 g/mol. The minimum atomic E-state index is 0.192. The first-order valence-corrected chi connectivity index (χ1v) is 6.70. The first kappa shape index (κ1) is 11.3. The highest BCUT2D eigenvalue weighted by molar-refractivity contribution is 5.46. The van der Waals surface area contributed by atoms with Crippen LogP contribution in [0.3, 0.4) is 0 Å². The highest BCUT2D eigenvalue weighted by Gasteiger charge is 2.21.